The zero-order chi connectivity index (χ0) is 11.7. The molecule has 16 heavy (non-hydrogen) atoms. The SMILES string of the molecule is COC(=O)c1cc2cc(C)ccc2n1OC. The highest BCUT2D eigenvalue weighted by atomic mass is 16.6. The van der Waals surface area contributed by atoms with Crippen molar-refractivity contribution >= 4 is 16.9 Å². The summed E-state index contributed by atoms with van der Waals surface area (Å²) in [6, 6.07) is 7.65. The number of nitrogens with zero attached hydrogens (tertiary/aromatic N) is 1. The molecule has 0 N–H and O–H groups in total. The molecule has 4 heteroatoms. The average molecular weight is 219 g/mol. The van der Waals surface area contributed by atoms with Crippen LogP contribution in [-0.2, 0) is 4.74 Å². The van der Waals surface area contributed by atoms with E-state index in [0.717, 1.165) is 16.5 Å². The van der Waals surface area contributed by atoms with Crippen LogP contribution in [0.3, 0.4) is 0 Å². The predicted molar refractivity (Wildman–Crippen MR) is 60.5 cm³/mol. The number of carbonyl (C=O) groups is 1. The first-order valence-corrected chi connectivity index (χ1v) is 4.92. The highest BCUT2D eigenvalue weighted by molar-refractivity contribution is 5.95. The number of benzene rings is 1. The number of rotatable bonds is 2. The van der Waals surface area contributed by atoms with E-state index in [4.69, 9.17) is 9.57 Å². The zero-order valence-electron chi connectivity index (χ0n) is 9.48. The van der Waals surface area contributed by atoms with E-state index in [0.29, 0.717) is 5.69 Å². The maximum atomic E-state index is 11.5. The van der Waals surface area contributed by atoms with Crippen LogP contribution in [0, 0.1) is 6.92 Å². The van der Waals surface area contributed by atoms with Crippen molar-refractivity contribution in [1.82, 2.24) is 4.73 Å². The quantitative estimate of drug-likeness (QED) is 0.723. The predicted octanol–water partition coefficient (Wildman–Crippen LogP) is 1.79. The third-order valence-corrected chi connectivity index (χ3v) is 2.49. The second-order valence-corrected chi connectivity index (χ2v) is 3.56. The highest BCUT2D eigenvalue weighted by Crippen LogP contribution is 2.20. The molecule has 0 atom stereocenters. The van der Waals surface area contributed by atoms with Gasteiger partial charge in [-0.2, -0.15) is 4.73 Å². The van der Waals surface area contributed by atoms with Gasteiger partial charge in [0.15, 0.2) is 5.69 Å². The first kappa shape index (κ1) is 10.5. The molecule has 0 unspecified atom stereocenters. The lowest BCUT2D eigenvalue weighted by atomic mass is 10.2. The molecule has 0 aliphatic rings. The first-order valence-electron chi connectivity index (χ1n) is 4.92. The molecular weight excluding hydrogens is 206 g/mol. The van der Waals surface area contributed by atoms with Gasteiger partial charge in [-0.3, -0.25) is 0 Å². The summed E-state index contributed by atoms with van der Waals surface area (Å²) < 4.78 is 6.17. The summed E-state index contributed by atoms with van der Waals surface area (Å²) in [5.41, 5.74) is 2.39. The summed E-state index contributed by atoms with van der Waals surface area (Å²) in [5.74, 6) is -0.407. The Hall–Kier alpha value is -1.97. The van der Waals surface area contributed by atoms with E-state index in [9.17, 15) is 4.79 Å². The molecular formula is C12H13NO3. The summed E-state index contributed by atoms with van der Waals surface area (Å²) in [4.78, 5) is 16.7. The van der Waals surface area contributed by atoms with Crippen LogP contribution in [0.4, 0.5) is 0 Å². The van der Waals surface area contributed by atoms with Crippen LogP contribution in [0.1, 0.15) is 16.1 Å². The fourth-order valence-corrected chi connectivity index (χ4v) is 1.75. The van der Waals surface area contributed by atoms with E-state index in [2.05, 4.69) is 0 Å². The number of aromatic nitrogens is 1. The third-order valence-electron chi connectivity index (χ3n) is 2.49. The van der Waals surface area contributed by atoms with E-state index in [1.807, 2.05) is 25.1 Å². The molecule has 1 heterocycles. The molecule has 0 spiro atoms. The standard InChI is InChI=1S/C12H13NO3/c1-8-4-5-10-9(6-8)7-11(12(14)15-2)13(10)16-3/h4-7H,1-3H3. The van der Waals surface area contributed by atoms with Crippen LogP contribution in [0.5, 0.6) is 0 Å². The van der Waals surface area contributed by atoms with Crippen molar-refractivity contribution in [3.05, 3.63) is 35.5 Å². The van der Waals surface area contributed by atoms with Gasteiger partial charge < -0.3 is 9.57 Å². The number of ether oxygens (including phenoxy) is 1. The number of carbonyl (C=O) groups excluding carboxylic acids is 1. The number of aryl methyl sites for hydroxylation is 1. The Morgan fingerprint density at radius 1 is 1.25 bits per heavy atom. The van der Waals surface area contributed by atoms with Gasteiger partial charge in [0.05, 0.1) is 12.6 Å². The molecule has 2 aromatic rings. The van der Waals surface area contributed by atoms with Crippen LogP contribution in [0.2, 0.25) is 0 Å². The Labute approximate surface area is 93.3 Å². The molecule has 0 saturated carbocycles. The molecule has 0 bridgehead atoms. The van der Waals surface area contributed by atoms with Gasteiger partial charge in [0.25, 0.3) is 0 Å². The number of fused-ring (bicyclic) bond motifs is 1. The lowest BCUT2D eigenvalue weighted by Gasteiger charge is -2.06. The highest BCUT2D eigenvalue weighted by Gasteiger charge is 2.16. The van der Waals surface area contributed by atoms with E-state index < -0.39 is 5.97 Å². The molecule has 0 saturated heterocycles. The molecule has 2 rings (SSSR count). The van der Waals surface area contributed by atoms with Crippen molar-refractivity contribution < 1.29 is 14.4 Å². The van der Waals surface area contributed by atoms with Crippen molar-refractivity contribution in [2.24, 2.45) is 0 Å². The fourth-order valence-electron chi connectivity index (χ4n) is 1.75. The molecule has 4 nitrogen and oxygen atoms in total. The van der Waals surface area contributed by atoms with Crippen molar-refractivity contribution in [1.29, 1.82) is 0 Å². The third kappa shape index (κ3) is 1.52. The second kappa shape index (κ2) is 3.89. The van der Waals surface area contributed by atoms with Gasteiger partial charge in [-0.15, -0.1) is 0 Å². The molecule has 1 aromatic heterocycles. The summed E-state index contributed by atoms with van der Waals surface area (Å²) in [6.07, 6.45) is 0. The smallest absolute Gasteiger partial charge is 0.358 e. The van der Waals surface area contributed by atoms with Gasteiger partial charge in [-0.1, -0.05) is 11.6 Å². The Bertz CT molecular complexity index is 542. The monoisotopic (exact) mass is 219 g/mol. The topological polar surface area (TPSA) is 40.5 Å². The summed E-state index contributed by atoms with van der Waals surface area (Å²) in [6.45, 7) is 2.00. The minimum Gasteiger partial charge on any atom is -0.464 e. The zero-order valence-corrected chi connectivity index (χ0v) is 9.48. The van der Waals surface area contributed by atoms with Gasteiger partial charge in [0, 0.05) is 5.39 Å². The molecule has 0 aliphatic carbocycles. The summed E-state index contributed by atoms with van der Waals surface area (Å²) >= 11 is 0. The van der Waals surface area contributed by atoms with Crippen LogP contribution >= 0.6 is 0 Å². The molecule has 0 radical (unpaired) electrons. The molecule has 0 fully saturated rings. The number of hydrogen-bond acceptors (Lipinski definition) is 3. The van der Waals surface area contributed by atoms with E-state index >= 15 is 0 Å². The average Bonchev–Trinajstić information content (AvgIpc) is 2.65. The number of hydrogen-bond donors (Lipinski definition) is 0. The summed E-state index contributed by atoms with van der Waals surface area (Å²) in [7, 11) is 2.87. The molecule has 1 aromatic carbocycles. The Morgan fingerprint density at radius 2 is 2.00 bits per heavy atom. The first-order chi connectivity index (χ1) is 7.67. The Morgan fingerprint density at radius 3 is 2.62 bits per heavy atom. The normalized spacial score (nSPS) is 10.4. The van der Waals surface area contributed by atoms with E-state index in [1.165, 1.54) is 19.0 Å². The minimum absolute atomic E-state index is 0.394. The van der Waals surface area contributed by atoms with Crippen LogP contribution < -0.4 is 4.84 Å². The van der Waals surface area contributed by atoms with Gasteiger partial charge in [-0.05, 0) is 25.1 Å². The minimum atomic E-state index is -0.407. The van der Waals surface area contributed by atoms with E-state index in [-0.39, 0.29) is 0 Å². The Balaban J connectivity index is 2.70. The Kier molecular flexibility index (Phi) is 2.56. The number of methoxy groups -OCH3 is 1. The van der Waals surface area contributed by atoms with Gasteiger partial charge in [0.2, 0.25) is 0 Å². The maximum absolute atomic E-state index is 11.5. The van der Waals surface area contributed by atoms with Crippen LogP contribution in [0.25, 0.3) is 10.9 Å². The molecule has 84 valence electrons. The number of esters is 1. The van der Waals surface area contributed by atoms with Crippen molar-refractivity contribution in [2.75, 3.05) is 14.2 Å². The van der Waals surface area contributed by atoms with Gasteiger partial charge in [0.1, 0.15) is 7.11 Å². The van der Waals surface area contributed by atoms with Gasteiger partial charge >= 0.3 is 5.97 Å². The fraction of sp³-hybridized carbons (Fsp3) is 0.250. The molecule has 0 aliphatic heterocycles. The van der Waals surface area contributed by atoms with E-state index in [1.54, 1.807) is 6.07 Å². The lowest BCUT2D eigenvalue weighted by molar-refractivity contribution is 0.0550. The second-order valence-electron chi connectivity index (χ2n) is 3.56. The molecule has 0 amide bonds. The van der Waals surface area contributed by atoms with Crippen molar-refractivity contribution in [2.45, 2.75) is 6.92 Å². The van der Waals surface area contributed by atoms with Crippen molar-refractivity contribution in [3.63, 3.8) is 0 Å². The lowest BCUT2D eigenvalue weighted by Crippen LogP contribution is -2.14. The largest absolute Gasteiger partial charge is 0.464 e. The van der Waals surface area contributed by atoms with Crippen molar-refractivity contribution in [3.8, 4) is 0 Å². The van der Waals surface area contributed by atoms with Gasteiger partial charge in [-0.25, -0.2) is 4.79 Å². The van der Waals surface area contributed by atoms with Crippen LogP contribution in [-0.4, -0.2) is 24.9 Å². The van der Waals surface area contributed by atoms with Crippen LogP contribution in [0.15, 0.2) is 24.3 Å². The summed E-state index contributed by atoms with van der Waals surface area (Å²) in [5, 5.41) is 0.960. The maximum Gasteiger partial charge on any atom is 0.358 e.